The van der Waals surface area contributed by atoms with Gasteiger partial charge in [0.2, 0.25) is 0 Å². The monoisotopic (exact) mass is 444 g/mol. The summed E-state index contributed by atoms with van der Waals surface area (Å²) in [7, 11) is -1.40. The van der Waals surface area contributed by atoms with Gasteiger partial charge in [0.1, 0.15) is 17.4 Å². The lowest BCUT2D eigenvalue weighted by atomic mass is 10.0. The molecule has 2 aromatic rings. The first-order chi connectivity index (χ1) is 13.9. The fraction of sp³-hybridized carbons (Fsp3) is 0.368. The summed E-state index contributed by atoms with van der Waals surface area (Å²) in [6, 6.07) is 4.68. The Labute approximate surface area is 172 Å². The van der Waals surface area contributed by atoms with Crippen LogP contribution in [0.1, 0.15) is 13.3 Å². The first kappa shape index (κ1) is 23.5. The zero-order valence-electron chi connectivity index (χ0n) is 16.9. The third kappa shape index (κ3) is 4.68. The van der Waals surface area contributed by atoms with Crippen molar-refractivity contribution in [3.63, 3.8) is 0 Å². The van der Waals surface area contributed by atoms with E-state index >= 15 is 0 Å². The molecule has 0 aliphatic carbocycles. The predicted molar refractivity (Wildman–Crippen MR) is 106 cm³/mol. The number of benzene rings is 1. The second-order valence-electron chi connectivity index (χ2n) is 6.80. The third-order valence-electron chi connectivity index (χ3n) is 4.87. The number of hydrogen-bond acceptors (Lipinski definition) is 6. The molecule has 0 unspecified atom stereocenters. The molecule has 0 radical (unpaired) electrons. The molecule has 0 fully saturated rings. The number of rotatable bonds is 8. The second kappa shape index (κ2) is 8.92. The Kier molecular flexibility index (Phi) is 6.99. The number of aromatic nitrogens is 1. The van der Waals surface area contributed by atoms with E-state index in [9.17, 15) is 26.8 Å². The number of sulfone groups is 1. The maximum absolute atomic E-state index is 14.6. The molecule has 1 amide bonds. The molecule has 0 saturated heterocycles. The number of aryl methyl sites for hydroxylation is 1. The summed E-state index contributed by atoms with van der Waals surface area (Å²) in [5, 5.41) is 0. The Balaban J connectivity index is 2.38. The zero-order valence-corrected chi connectivity index (χ0v) is 17.7. The third-order valence-corrected chi connectivity index (χ3v) is 6.89. The van der Waals surface area contributed by atoms with Gasteiger partial charge in [-0.25, -0.2) is 22.7 Å². The van der Waals surface area contributed by atoms with Crippen LogP contribution in [-0.2, 0) is 26.0 Å². The van der Waals surface area contributed by atoms with Crippen LogP contribution >= 0.6 is 0 Å². The van der Waals surface area contributed by atoms with Gasteiger partial charge in [0.15, 0.2) is 14.6 Å². The van der Waals surface area contributed by atoms with E-state index < -0.39 is 37.7 Å². The number of nitrogens with zero attached hydrogens (tertiary/aromatic N) is 1. The summed E-state index contributed by atoms with van der Waals surface area (Å²) in [5.74, 6) is -2.34. The largest absolute Gasteiger partial charge is 0.497 e. The summed E-state index contributed by atoms with van der Waals surface area (Å²) in [6.45, 7) is 0.904. The molecule has 11 heteroatoms. The van der Waals surface area contributed by atoms with E-state index in [1.54, 1.807) is 0 Å². The lowest BCUT2D eigenvalue weighted by Gasteiger charge is -2.26. The van der Waals surface area contributed by atoms with Crippen molar-refractivity contribution in [1.29, 1.82) is 0 Å². The van der Waals surface area contributed by atoms with Crippen LogP contribution in [0.4, 0.5) is 8.78 Å². The number of carbonyl (C=O) groups excluding carboxylic acids is 1. The number of hydrogen-bond donors (Lipinski definition) is 1. The lowest BCUT2D eigenvalue weighted by molar-refractivity contribution is -0.133. The van der Waals surface area contributed by atoms with Crippen LogP contribution < -0.4 is 15.8 Å². The van der Waals surface area contributed by atoms with E-state index in [1.807, 2.05) is 5.48 Å². The van der Waals surface area contributed by atoms with Gasteiger partial charge in [-0.3, -0.25) is 14.4 Å². The number of methoxy groups -OCH3 is 1. The van der Waals surface area contributed by atoms with Gasteiger partial charge >= 0.3 is 0 Å². The fourth-order valence-electron chi connectivity index (χ4n) is 2.77. The molecule has 0 aliphatic heterocycles. The molecule has 1 aromatic heterocycles. The van der Waals surface area contributed by atoms with Crippen LogP contribution in [-0.4, -0.2) is 44.1 Å². The zero-order chi connectivity index (χ0) is 22.7. The minimum Gasteiger partial charge on any atom is -0.497 e. The second-order valence-corrected chi connectivity index (χ2v) is 9.25. The number of pyridine rings is 1. The highest BCUT2D eigenvalue weighted by Gasteiger charge is 2.43. The molecule has 30 heavy (non-hydrogen) atoms. The number of amides is 1. The molecule has 1 N–H and O–H groups in total. The average Bonchev–Trinajstić information content (AvgIpc) is 2.67. The van der Waals surface area contributed by atoms with Crippen molar-refractivity contribution in [2.45, 2.75) is 24.6 Å². The Morgan fingerprint density at radius 1 is 1.17 bits per heavy atom. The summed E-state index contributed by atoms with van der Waals surface area (Å²) < 4.78 is 57.1. The maximum atomic E-state index is 14.6. The van der Waals surface area contributed by atoms with Crippen molar-refractivity contribution in [2.75, 3.05) is 20.5 Å². The first-order valence-electron chi connectivity index (χ1n) is 8.71. The van der Waals surface area contributed by atoms with E-state index in [1.165, 1.54) is 26.2 Å². The van der Waals surface area contributed by atoms with Gasteiger partial charge in [-0.05, 0) is 25.5 Å². The molecule has 8 nitrogen and oxygen atoms in total. The smallest absolute Gasteiger partial charge is 0.264 e. The number of halogens is 2. The quantitative estimate of drug-likeness (QED) is 0.622. The molecule has 1 atom stereocenters. The fourth-order valence-corrected chi connectivity index (χ4v) is 3.61. The molecule has 0 spiro atoms. The van der Waals surface area contributed by atoms with Gasteiger partial charge in [0, 0.05) is 42.3 Å². The van der Waals surface area contributed by atoms with Gasteiger partial charge in [0.05, 0.1) is 14.2 Å². The molecule has 1 aromatic carbocycles. The van der Waals surface area contributed by atoms with Crippen molar-refractivity contribution in [3.05, 3.63) is 52.5 Å². The Bertz CT molecular complexity index is 1120. The van der Waals surface area contributed by atoms with Gasteiger partial charge in [-0.1, -0.05) is 0 Å². The van der Waals surface area contributed by atoms with E-state index in [0.29, 0.717) is 0 Å². The first-order valence-corrected chi connectivity index (χ1v) is 10.6. The van der Waals surface area contributed by atoms with Crippen molar-refractivity contribution in [2.24, 2.45) is 0 Å². The van der Waals surface area contributed by atoms with E-state index in [2.05, 4.69) is 4.84 Å². The van der Waals surface area contributed by atoms with Crippen LogP contribution in [0.5, 0.6) is 5.75 Å². The Hall–Kier alpha value is -2.79. The highest BCUT2D eigenvalue weighted by atomic mass is 32.2. The van der Waals surface area contributed by atoms with Crippen LogP contribution in [0.3, 0.4) is 0 Å². The molecule has 2 rings (SSSR count). The van der Waals surface area contributed by atoms with E-state index in [-0.39, 0.29) is 29.8 Å². The summed E-state index contributed by atoms with van der Waals surface area (Å²) in [5.41, 5.74) is 0.902. The van der Waals surface area contributed by atoms with E-state index in [4.69, 9.17) is 4.74 Å². The lowest BCUT2D eigenvalue weighted by Crippen LogP contribution is -2.50. The van der Waals surface area contributed by atoms with Crippen LogP contribution in [0.25, 0.3) is 11.1 Å². The minimum atomic E-state index is -3.91. The maximum Gasteiger partial charge on any atom is 0.264 e. The Morgan fingerprint density at radius 2 is 1.83 bits per heavy atom. The number of nitrogens with one attached hydrogen (secondary N) is 1. The standard InChI is InChI=1S/C19H22F2N2O6S/c1-19(30(4,26)27,18(25)22-29-3)7-8-23-11-16(21)14(10-17(23)24)13-6-5-12(28-2)9-15(13)20/h5-6,9-11H,7-8H2,1-4H3,(H,22,25)/t19-/m1/s1. The molecular formula is C19H22F2N2O6S. The highest BCUT2D eigenvalue weighted by molar-refractivity contribution is 7.92. The molecule has 0 saturated carbocycles. The minimum absolute atomic E-state index is 0.127. The van der Waals surface area contributed by atoms with Crippen molar-refractivity contribution in [1.82, 2.24) is 10.0 Å². The Morgan fingerprint density at radius 3 is 2.37 bits per heavy atom. The number of carbonyl (C=O) groups is 1. The summed E-state index contributed by atoms with van der Waals surface area (Å²) >= 11 is 0. The van der Waals surface area contributed by atoms with Crippen molar-refractivity contribution >= 4 is 15.7 Å². The van der Waals surface area contributed by atoms with Crippen molar-refractivity contribution < 1.29 is 31.6 Å². The van der Waals surface area contributed by atoms with Gasteiger partial charge < -0.3 is 9.30 Å². The molecule has 1 heterocycles. The van der Waals surface area contributed by atoms with E-state index in [0.717, 1.165) is 36.3 Å². The summed E-state index contributed by atoms with van der Waals surface area (Å²) in [4.78, 5) is 29.1. The SMILES string of the molecule is CONC(=O)[C@@](C)(CCn1cc(F)c(-c2ccc(OC)cc2F)cc1=O)S(C)(=O)=O. The molecule has 0 aliphatic rings. The van der Waals surface area contributed by atoms with Crippen LogP contribution in [0.15, 0.2) is 35.3 Å². The number of ether oxygens (including phenoxy) is 1. The van der Waals surface area contributed by atoms with Crippen LogP contribution in [0, 0.1) is 11.6 Å². The number of hydroxylamine groups is 1. The predicted octanol–water partition coefficient (Wildman–Crippen LogP) is 1.67. The van der Waals surface area contributed by atoms with Gasteiger partial charge in [-0.15, -0.1) is 0 Å². The normalized spacial score (nSPS) is 13.5. The van der Waals surface area contributed by atoms with Crippen molar-refractivity contribution in [3.8, 4) is 16.9 Å². The van der Waals surface area contributed by atoms with Gasteiger partial charge in [-0.2, -0.15) is 0 Å². The average molecular weight is 444 g/mol. The highest BCUT2D eigenvalue weighted by Crippen LogP contribution is 2.28. The molecular weight excluding hydrogens is 422 g/mol. The topological polar surface area (TPSA) is 104 Å². The molecule has 0 bridgehead atoms. The summed E-state index contributed by atoms with van der Waals surface area (Å²) in [6.07, 6.45) is 1.40. The molecule has 164 valence electrons. The van der Waals surface area contributed by atoms with Gasteiger partial charge in [0.25, 0.3) is 11.5 Å². The van der Waals surface area contributed by atoms with Crippen LogP contribution in [0.2, 0.25) is 0 Å².